The lowest BCUT2D eigenvalue weighted by atomic mass is 10.1. The molecule has 0 aromatic heterocycles. The SMILES string of the molecule is COC(=O)c1ccc(N)c(C=O)c1SCc1ccccc1. The van der Waals surface area contributed by atoms with E-state index in [-0.39, 0.29) is 0 Å². The number of thioether (sulfide) groups is 1. The zero-order chi connectivity index (χ0) is 15.2. The van der Waals surface area contributed by atoms with Crippen LogP contribution in [0.25, 0.3) is 0 Å². The first kappa shape index (κ1) is 15.1. The molecule has 0 bridgehead atoms. The Morgan fingerprint density at radius 3 is 2.57 bits per heavy atom. The third kappa shape index (κ3) is 3.44. The number of hydrogen-bond donors (Lipinski definition) is 1. The van der Waals surface area contributed by atoms with Gasteiger partial charge in [0.25, 0.3) is 0 Å². The molecule has 2 aromatic carbocycles. The molecule has 108 valence electrons. The summed E-state index contributed by atoms with van der Waals surface area (Å²) >= 11 is 1.40. The number of esters is 1. The zero-order valence-corrected chi connectivity index (χ0v) is 12.4. The van der Waals surface area contributed by atoms with Gasteiger partial charge in [0, 0.05) is 16.3 Å². The summed E-state index contributed by atoms with van der Waals surface area (Å²) in [6.07, 6.45) is 0.676. The quantitative estimate of drug-likeness (QED) is 0.397. The van der Waals surface area contributed by atoms with Gasteiger partial charge in [-0.1, -0.05) is 30.3 Å². The number of anilines is 1. The predicted molar refractivity (Wildman–Crippen MR) is 83.6 cm³/mol. The van der Waals surface area contributed by atoms with E-state index < -0.39 is 5.97 Å². The monoisotopic (exact) mass is 301 g/mol. The van der Waals surface area contributed by atoms with E-state index in [0.717, 1.165) is 5.56 Å². The van der Waals surface area contributed by atoms with Crippen LogP contribution in [0, 0.1) is 0 Å². The summed E-state index contributed by atoms with van der Waals surface area (Å²) in [5.41, 5.74) is 7.95. The van der Waals surface area contributed by atoms with Crippen molar-refractivity contribution in [2.45, 2.75) is 10.6 Å². The molecule has 2 rings (SSSR count). The smallest absolute Gasteiger partial charge is 0.339 e. The summed E-state index contributed by atoms with van der Waals surface area (Å²) in [6.45, 7) is 0. The van der Waals surface area contributed by atoms with Gasteiger partial charge in [-0.25, -0.2) is 4.79 Å². The minimum atomic E-state index is -0.478. The van der Waals surface area contributed by atoms with Crippen molar-refractivity contribution in [1.82, 2.24) is 0 Å². The standard InChI is InChI=1S/C16H15NO3S/c1-20-16(19)12-7-8-14(17)13(9-18)15(12)21-10-11-5-3-2-4-6-11/h2-9H,10,17H2,1H3. The maximum Gasteiger partial charge on any atom is 0.339 e. The Labute approximate surface area is 127 Å². The fourth-order valence-corrected chi connectivity index (χ4v) is 3.02. The fraction of sp³-hybridized carbons (Fsp3) is 0.125. The van der Waals surface area contributed by atoms with E-state index in [9.17, 15) is 9.59 Å². The summed E-state index contributed by atoms with van der Waals surface area (Å²) in [7, 11) is 1.31. The van der Waals surface area contributed by atoms with Gasteiger partial charge in [0.2, 0.25) is 0 Å². The lowest BCUT2D eigenvalue weighted by molar-refractivity contribution is 0.0597. The van der Waals surface area contributed by atoms with E-state index >= 15 is 0 Å². The molecule has 0 amide bonds. The second kappa shape index (κ2) is 6.95. The summed E-state index contributed by atoms with van der Waals surface area (Å²) < 4.78 is 4.76. The number of carbonyl (C=O) groups excluding carboxylic acids is 2. The number of hydrogen-bond acceptors (Lipinski definition) is 5. The first-order chi connectivity index (χ1) is 10.2. The second-order valence-corrected chi connectivity index (χ2v) is 5.31. The molecule has 0 spiro atoms. The molecule has 0 aliphatic heterocycles. The normalized spacial score (nSPS) is 10.1. The molecule has 0 heterocycles. The van der Waals surface area contributed by atoms with Crippen LogP contribution in [0.15, 0.2) is 47.4 Å². The Morgan fingerprint density at radius 1 is 1.24 bits per heavy atom. The van der Waals surface area contributed by atoms with Gasteiger partial charge in [-0.05, 0) is 17.7 Å². The highest BCUT2D eigenvalue weighted by atomic mass is 32.2. The van der Waals surface area contributed by atoms with Crippen molar-refractivity contribution in [2.24, 2.45) is 0 Å². The number of rotatable bonds is 5. The molecule has 0 saturated carbocycles. The molecule has 0 unspecified atom stereocenters. The van der Waals surface area contributed by atoms with Crippen molar-refractivity contribution < 1.29 is 14.3 Å². The Bertz CT molecular complexity index is 656. The lowest BCUT2D eigenvalue weighted by Gasteiger charge is -2.12. The largest absolute Gasteiger partial charge is 0.465 e. The molecular formula is C16H15NO3S. The van der Waals surface area contributed by atoms with E-state index in [0.29, 0.717) is 33.7 Å². The molecule has 4 nitrogen and oxygen atoms in total. The van der Waals surface area contributed by atoms with Gasteiger partial charge < -0.3 is 10.5 Å². The maximum absolute atomic E-state index is 11.8. The van der Waals surface area contributed by atoms with Gasteiger partial charge in [0.15, 0.2) is 6.29 Å². The number of ether oxygens (including phenoxy) is 1. The number of methoxy groups -OCH3 is 1. The number of nitrogen functional groups attached to an aromatic ring is 1. The van der Waals surface area contributed by atoms with Crippen LogP contribution < -0.4 is 5.73 Å². The van der Waals surface area contributed by atoms with Gasteiger partial charge in [0.1, 0.15) is 0 Å². The van der Waals surface area contributed by atoms with Crippen LogP contribution >= 0.6 is 11.8 Å². The molecule has 0 fully saturated rings. The fourth-order valence-electron chi connectivity index (χ4n) is 1.89. The van der Waals surface area contributed by atoms with Gasteiger partial charge in [-0.2, -0.15) is 0 Å². The number of carbonyl (C=O) groups is 2. The van der Waals surface area contributed by atoms with Crippen LogP contribution in [0.5, 0.6) is 0 Å². The molecular weight excluding hydrogens is 286 g/mol. The molecule has 0 atom stereocenters. The highest BCUT2D eigenvalue weighted by Gasteiger charge is 2.18. The highest BCUT2D eigenvalue weighted by molar-refractivity contribution is 7.98. The minimum absolute atomic E-state index is 0.332. The predicted octanol–water partition coefficient (Wildman–Crippen LogP) is 3.16. The molecule has 2 N–H and O–H groups in total. The van der Waals surface area contributed by atoms with Crippen LogP contribution in [-0.4, -0.2) is 19.4 Å². The Kier molecular flexibility index (Phi) is 5.00. The topological polar surface area (TPSA) is 69.4 Å². The Morgan fingerprint density at radius 2 is 1.95 bits per heavy atom. The average molecular weight is 301 g/mol. The summed E-state index contributed by atoms with van der Waals surface area (Å²) in [6, 6.07) is 12.9. The number of benzene rings is 2. The van der Waals surface area contributed by atoms with Crippen molar-refractivity contribution in [3.63, 3.8) is 0 Å². The van der Waals surface area contributed by atoms with Crippen molar-refractivity contribution in [2.75, 3.05) is 12.8 Å². The van der Waals surface area contributed by atoms with Crippen molar-refractivity contribution >= 4 is 29.7 Å². The van der Waals surface area contributed by atoms with E-state index in [4.69, 9.17) is 10.5 Å². The highest BCUT2D eigenvalue weighted by Crippen LogP contribution is 2.32. The number of aldehydes is 1. The number of nitrogens with two attached hydrogens (primary N) is 1. The van der Waals surface area contributed by atoms with E-state index in [1.54, 1.807) is 12.1 Å². The van der Waals surface area contributed by atoms with Crippen molar-refractivity contribution in [3.05, 3.63) is 59.2 Å². The van der Waals surface area contributed by atoms with E-state index in [2.05, 4.69) is 0 Å². The van der Waals surface area contributed by atoms with Gasteiger partial charge in [0.05, 0.1) is 18.2 Å². The Hall–Kier alpha value is -2.27. The molecule has 2 aromatic rings. The van der Waals surface area contributed by atoms with Crippen LogP contribution in [-0.2, 0) is 10.5 Å². The molecule has 21 heavy (non-hydrogen) atoms. The van der Waals surface area contributed by atoms with Crippen molar-refractivity contribution in [1.29, 1.82) is 0 Å². The Balaban J connectivity index is 2.37. The summed E-state index contributed by atoms with van der Waals surface area (Å²) in [5.74, 6) is 0.156. The third-order valence-corrected chi connectivity index (χ3v) is 4.19. The van der Waals surface area contributed by atoms with E-state index in [1.807, 2.05) is 30.3 Å². The van der Waals surface area contributed by atoms with E-state index in [1.165, 1.54) is 18.9 Å². The molecule has 0 radical (unpaired) electrons. The van der Waals surface area contributed by atoms with Gasteiger partial charge in [-0.3, -0.25) is 4.79 Å². The molecule has 0 aliphatic carbocycles. The summed E-state index contributed by atoms with van der Waals surface area (Å²) in [4.78, 5) is 23.7. The molecule has 0 aliphatic rings. The first-order valence-corrected chi connectivity index (χ1v) is 7.28. The molecule has 0 saturated heterocycles. The van der Waals surface area contributed by atoms with Crippen LogP contribution in [0.3, 0.4) is 0 Å². The van der Waals surface area contributed by atoms with Crippen molar-refractivity contribution in [3.8, 4) is 0 Å². The maximum atomic E-state index is 11.8. The summed E-state index contributed by atoms with van der Waals surface area (Å²) in [5, 5.41) is 0. The van der Waals surface area contributed by atoms with Gasteiger partial charge in [-0.15, -0.1) is 11.8 Å². The average Bonchev–Trinajstić information content (AvgIpc) is 2.53. The first-order valence-electron chi connectivity index (χ1n) is 6.30. The second-order valence-electron chi connectivity index (χ2n) is 4.33. The van der Waals surface area contributed by atoms with Crippen LogP contribution in [0.2, 0.25) is 0 Å². The van der Waals surface area contributed by atoms with Crippen LogP contribution in [0.4, 0.5) is 5.69 Å². The van der Waals surface area contributed by atoms with Gasteiger partial charge >= 0.3 is 5.97 Å². The van der Waals surface area contributed by atoms with Crippen LogP contribution in [0.1, 0.15) is 26.3 Å². The molecule has 5 heteroatoms. The zero-order valence-electron chi connectivity index (χ0n) is 11.5. The lowest BCUT2D eigenvalue weighted by Crippen LogP contribution is -2.07. The third-order valence-electron chi connectivity index (χ3n) is 2.98. The minimum Gasteiger partial charge on any atom is -0.465 e.